The summed E-state index contributed by atoms with van der Waals surface area (Å²) in [5.41, 5.74) is 4.40. The van der Waals surface area contributed by atoms with E-state index in [4.69, 9.17) is 14.6 Å². The topological polar surface area (TPSA) is 79.2 Å². The van der Waals surface area contributed by atoms with Gasteiger partial charge in [0.05, 0.1) is 18.8 Å². The van der Waals surface area contributed by atoms with Crippen LogP contribution in [0.25, 0.3) is 5.57 Å². The number of hydrogen-bond donors (Lipinski definition) is 2. The summed E-state index contributed by atoms with van der Waals surface area (Å²) in [5.74, 6) is -0.197. The molecular formula is C25H31NO5. The van der Waals surface area contributed by atoms with Crippen molar-refractivity contribution < 1.29 is 24.5 Å². The zero-order valence-electron chi connectivity index (χ0n) is 18.2. The van der Waals surface area contributed by atoms with E-state index in [9.17, 15) is 9.90 Å². The van der Waals surface area contributed by atoms with Crippen molar-refractivity contribution in [2.45, 2.75) is 33.0 Å². The minimum Gasteiger partial charge on any atom is -0.488 e. The minimum atomic E-state index is -0.928. The maximum Gasteiger partial charge on any atom is 0.335 e. The van der Waals surface area contributed by atoms with Gasteiger partial charge in [0.1, 0.15) is 12.4 Å². The van der Waals surface area contributed by atoms with Gasteiger partial charge in [-0.3, -0.25) is 4.90 Å². The van der Waals surface area contributed by atoms with Crippen molar-refractivity contribution >= 4 is 11.5 Å². The molecule has 0 atom stereocenters. The van der Waals surface area contributed by atoms with Crippen LogP contribution in [0.4, 0.5) is 0 Å². The predicted molar refractivity (Wildman–Crippen MR) is 120 cm³/mol. The van der Waals surface area contributed by atoms with Crippen molar-refractivity contribution in [3.63, 3.8) is 0 Å². The Labute approximate surface area is 183 Å². The van der Waals surface area contributed by atoms with Crippen LogP contribution in [0.3, 0.4) is 0 Å². The summed E-state index contributed by atoms with van der Waals surface area (Å²) >= 11 is 0. The van der Waals surface area contributed by atoms with Crippen LogP contribution in [-0.4, -0.2) is 60.0 Å². The molecule has 2 aliphatic rings. The molecule has 2 aromatic carbocycles. The van der Waals surface area contributed by atoms with Gasteiger partial charge in [0, 0.05) is 31.3 Å². The summed E-state index contributed by atoms with van der Waals surface area (Å²) in [6, 6.07) is 13.3. The lowest BCUT2D eigenvalue weighted by Gasteiger charge is -2.26. The van der Waals surface area contributed by atoms with E-state index in [1.807, 2.05) is 12.1 Å². The molecule has 0 radical (unpaired) electrons. The Hall–Kier alpha value is -2.67. The molecule has 2 heterocycles. The van der Waals surface area contributed by atoms with Gasteiger partial charge < -0.3 is 19.7 Å². The molecular weight excluding hydrogens is 394 g/mol. The van der Waals surface area contributed by atoms with Crippen molar-refractivity contribution in [3.8, 4) is 5.75 Å². The molecule has 6 heteroatoms. The number of aliphatic hydroxyl groups is 1. The van der Waals surface area contributed by atoms with E-state index in [0.29, 0.717) is 6.61 Å². The maximum absolute atomic E-state index is 11.5. The molecule has 0 saturated carbocycles. The Bertz CT molecular complexity index is 913. The smallest absolute Gasteiger partial charge is 0.335 e. The predicted octanol–water partition coefficient (Wildman–Crippen LogP) is 3.82. The van der Waals surface area contributed by atoms with Gasteiger partial charge in [-0.15, -0.1) is 0 Å². The summed E-state index contributed by atoms with van der Waals surface area (Å²) < 4.78 is 11.4. The van der Waals surface area contributed by atoms with Crippen molar-refractivity contribution in [3.05, 3.63) is 70.8 Å². The number of morpholine rings is 1. The molecule has 0 aromatic heterocycles. The standard InChI is InChI=1S/C22H23NO4.C3H8O/c24-22(25)16-7-8-21-20(14-16)19(6-3-9-23-10-12-26-13-11-23)18-5-2-1-4-17(18)15-27-21;1-3(2)4/h1-2,4-8,14H,3,9-13,15H2,(H,24,25);3-4H,1-2H3/b19-6-;. The van der Waals surface area contributed by atoms with Crippen molar-refractivity contribution in [2.75, 3.05) is 32.8 Å². The molecule has 0 spiro atoms. The van der Waals surface area contributed by atoms with Crippen LogP contribution >= 0.6 is 0 Å². The van der Waals surface area contributed by atoms with Gasteiger partial charge in [-0.1, -0.05) is 30.3 Å². The molecule has 31 heavy (non-hydrogen) atoms. The highest BCUT2D eigenvalue weighted by molar-refractivity contribution is 5.92. The van der Waals surface area contributed by atoms with Gasteiger partial charge in [0.15, 0.2) is 0 Å². The fourth-order valence-corrected chi connectivity index (χ4v) is 3.65. The lowest BCUT2D eigenvalue weighted by Crippen LogP contribution is -2.36. The van der Waals surface area contributed by atoms with E-state index in [0.717, 1.165) is 67.3 Å². The highest BCUT2D eigenvalue weighted by atomic mass is 16.5. The van der Waals surface area contributed by atoms with Crippen LogP contribution in [0.2, 0.25) is 0 Å². The first kappa shape index (κ1) is 23.0. The first-order valence-corrected chi connectivity index (χ1v) is 10.7. The number of fused-ring (bicyclic) bond motifs is 2. The molecule has 166 valence electrons. The van der Waals surface area contributed by atoms with Crippen molar-refractivity contribution in [2.24, 2.45) is 0 Å². The van der Waals surface area contributed by atoms with E-state index < -0.39 is 5.97 Å². The second-order valence-corrected chi connectivity index (χ2v) is 7.92. The molecule has 6 nitrogen and oxygen atoms in total. The molecule has 0 amide bonds. The van der Waals surface area contributed by atoms with Gasteiger partial charge in [-0.25, -0.2) is 4.79 Å². The molecule has 4 rings (SSSR count). The average molecular weight is 426 g/mol. The Morgan fingerprint density at radius 1 is 1.13 bits per heavy atom. The number of aromatic carboxylic acids is 1. The van der Waals surface area contributed by atoms with Crippen molar-refractivity contribution in [1.82, 2.24) is 4.90 Å². The SMILES string of the molecule is CC(C)O.O=C(O)c1ccc2c(c1)/C(=C\CCN1CCOCC1)c1ccccc1CO2. The lowest BCUT2D eigenvalue weighted by molar-refractivity contribution is 0.0387. The Morgan fingerprint density at radius 3 is 2.55 bits per heavy atom. The number of aliphatic hydroxyl groups excluding tert-OH is 1. The Balaban J connectivity index is 0.000000628. The van der Waals surface area contributed by atoms with Crippen LogP contribution in [0.1, 0.15) is 47.3 Å². The average Bonchev–Trinajstić information content (AvgIpc) is 2.91. The van der Waals surface area contributed by atoms with Gasteiger partial charge in [0.2, 0.25) is 0 Å². The first-order chi connectivity index (χ1) is 15.0. The summed E-state index contributed by atoms with van der Waals surface area (Å²) in [4.78, 5) is 13.9. The summed E-state index contributed by atoms with van der Waals surface area (Å²) in [7, 11) is 0. The van der Waals surface area contributed by atoms with E-state index in [2.05, 4.69) is 23.1 Å². The number of carboxylic acids is 1. The first-order valence-electron chi connectivity index (χ1n) is 10.7. The minimum absolute atomic E-state index is 0.167. The number of carboxylic acid groups (broad SMARTS) is 1. The third kappa shape index (κ3) is 6.40. The Kier molecular flexibility index (Phi) is 8.23. The molecule has 0 bridgehead atoms. The van der Waals surface area contributed by atoms with E-state index in [1.54, 1.807) is 32.0 Å². The highest BCUT2D eigenvalue weighted by Gasteiger charge is 2.20. The van der Waals surface area contributed by atoms with Gasteiger partial charge in [0.25, 0.3) is 0 Å². The highest BCUT2D eigenvalue weighted by Crippen LogP contribution is 2.37. The summed E-state index contributed by atoms with van der Waals surface area (Å²) in [5, 5.41) is 17.5. The van der Waals surface area contributed by atoms with Gasteiger partial charge in [-0.05, 0) is 55.2 Å². The fraction of sp³-hybridized carbons (Fsp3) is 0.400. The van der Waals surface area contributed by atoms with Crippen LogP contribution in [0, 0.1) is 0 Å². The second-order valence-electron chi connectivity index (χ2n) is 7.92. The van der Waals surface area contributed by atoms with Gasteiger partial charge >= 0.3 is 5.97 Å². The normalized spacial score (nSPS) is 17.1. The molecule has 2 aromatic rings. The molecule has 2 aliphatic heterocycles. The number of hydrogen-bond acceptors (Lipinski definition) is 5. The summed E-state index contributed by atoms with van der Waals surface area (Å²) in [6.45, 7) is 8.39. The quantitative estimate of drug-likeness (QED) is 0.775. The van der Waals surface area contributed by atoms with Crippen molar-refractivity contribution in [1.29, 1.82) is 0 Å². The number of nitrogens with zero attached hydrogens (tertiary/aromatic N) is 1. The Morgan fingerprint density at radius 2 is 1.84 bits per heavy atom. The second kappa shape index (κ2) is 11.1. The number of benzene rings is 2. The van der Waals surface area contributed by atoms with E-state index >= 15 is 0 Å². The largest absolute Gasteiger partial charge is 0.488 e. The third-order valence-electron chi connectivity index (χ3n) is 5.10. The molecule has 2 N–H and O–H groups in total. The monoisotopic (exact) mass is 425 g/mol. The van der Waals surface area contributed by atoms with E-state index in [-0.39, 0.29) is 11.7 Å². The van der Waals surface area contributed by atoms with Gasteiger partial charge in [-0.2, -0.15) is 0 Å². The third-order valence-corrected chi connectivity index (χ3v) is 5.10. The van der Waals surface area contributed by atoms with Crippen LogP contribution in [-0.2, 0) is 11.3 Å². The van der Waals surface area contributed by atoms with E-state index in [1.165, 1.54) is 0 Å². The molecule has 1 saturated heterocycles. The number of carbonyl (C=O) groups is 1. The molecule has 0 aliphatic carbocycles. The molecule has 1 fully saturated rings. The number of ether oxygens (including phenoxy) is 2. The maximum atomic E-state index is 11.5. The zero-order chi connectivity index (χ0) is 22.2. The molecule has 0 unspecified atom stereocenters. The summed E-state index contributed by atoms with van der Waals surface area (Å²) in [6.07, 6.45) is 2.94. The van der Waals surface area contributed by atoms with Crippen LogP contribution in [0.15, 0.2) is 48.5 Å². The number of rotatable bonds is 4. The lowest BCUT2D eigenvalue weighted by atomic mass is 9.92. The van der Waals surface area contributed by atoms with Crippen LogP contribution in [0.5, 0.6) is 5.75 Å². The fourth-order valence-electron chi connectivity index (χ4n) is 3.65. The van der Waals surface area contributed by atoms with Crippen LogP contribution < -0.4 is 4.74 Å². The zero-order valence-corrected chi connectivity index (χ0v) is 18.2.